The molecule has 0 aliphatic carbocycles. The highest BCUT2D eigenvalue weighted by atomic mass is 79.9. The summed E-state index contributed by atoms with van der Waals surface area (Å²) in [5.41, 5.74) is 0.991. The highest BCUT2D eigenvalue weighted by molar-refractivity contribution is 9.10. The lowest BCUT2D eigenvalue weighted by atomic mass is 10.2. The molecule has 114 valence electrons. The number of nitrogens with zero attached hydrogens (tertiary/aromatic N) is 1. The predicted molar refractivity (Wildman–Crippen MR) is 88.9 cm³/mol. The first-order valence-electron chi connectivity index (χ1n) is 6.52. The van der Waals surface area contributed by atoms with Crippen molar-refractivity contribution in [1.29, 1.82) is 0 Å². The summed E-state index contributed by atoms with van der Waals surface area (Å²) in [4.78, 5) is 4.49. The highest BCUT2D eigenvalue weighted by Gasteiger charge is 2.09. The molecular formula is C15H20BrN3O2. The zero-order valence-corrected chi connectivity index (χ0v) is 14.1. The molecule has 1 aromatic carbocycles. The molecule has 0 atom stereocenters. The molecule has 0 radical (unpaired) electrons. The highest BCUT2D eigenvalue weighted by Crippen LogP contribution is 2.33. The molecule has 5 nitrogen and oxygen atoms in total. The minimum absolute atomic E-state index is 0.430. The van der Waals surface area contributed by atoms with Gasteiger partial charge in [0.2, 0.25) is 0 Å². The normalized spacial score (nSPS) is 10.7. The molecule has 0 bridgehead atoms. The van der Waals surface area contributed by atoms with Crippen LogP contribution in [-0.4, -0.2) is 33.3 Å². The largest absolute Gasteiger partial charge is 0.493 e. The number of guanidine groups is 1. The van der Waals surface area contributed by atoms with Gasteiger partial charge in [0.15, 0.2) is 17.5 Å². The fourth-order valence-electron chi connectivity index (χ4n) is 1.66. The van der Waals surface area contributed by atoms with E-state index in [0.29, 0.717) is 30.5 Å². The van der Waals surface area contributed by atoms with Crippen molar-refractivity contribution < 1.29 is 9.47 Å². The van der Waals surface area contributed by atoms with Gasteiger partial charge in [-0.15, -0.1) is 6.42 Å². The van der Waals surface area contributed by atoms with Crippen molar-refractivity contribution in [2.24, 2.45) is 4.99 Å². The van der Waals surface area contributed by atoms with E-state index >= 15 is 0 Å². The van der Waals surface area contributed by atoms with Crippen LogP contribution in [0.5, 0.6) is 11.5 Å². The quantitative estimate of drug-likeness (QED) is 0.467. The van der Waals surface area contributed by atoms with Gasteiger partial charge in [0.05, 0.1) is 27.3 Å². The van der Waals surface area contributed by atoms with Gasteiger partial charge in [-0.3, -0.25) is 0 Å². The van der Waals surface area contributed by atoms with E-state index < -0.39 is 0 Å². The summed E-state index contributed by atoms with van der Waals surface area (Å²) in [5.74, 6) is 4.55. The van der Waals surface area contributed by atoms with Crippen molar-refractivity contribution >= 4 is 21.9 Å². The molecule has 21 heavy (non-hydrogen) atoms. The molecule has 1 rings (SSSR count). The van der Waals surface area contributed by atoms with Gasteiger partial charge in [-0.1, -0.05) is 21.9 Å². The van der Waals surface area contributed by atoms with Gasteiger partial charge in [0, 0.05) is 11.0 Å². The average Bonchev–Trinajstić information content (AvgIpc) is 2.50. The lowest BCUT2D eigenvalue weighted by Crippen LogP contribution is -2.37. The van der Waals surface area contributed by atoms with Crippen molar-refractivity contribution in [2.45, 2.75) is 13.5 Å². The van der Waals surface area contributed by atoms with Crippen LogP contribution in [0.4, 0.5) is 0 Å². The van der Waals surface area contributed by atoms with Crippen LogP contribution >= 0.6 is 15.9 Å². The van der Waals surface area contributed by atoms with Gasteiger partial charge in [-0.05, 0) is 24.6 Å². The first-order valence-corrected chi connectivity index (χ1v) is 7.31. The molecule has 0 unspecified atom stereocenters. The van der Waals surface area contributed by atoms with E-state index in [1.165, 1.54) is 0 Å². The smallest absolute Gasteiger partial charge is 0.192 e. The summed E-state index contributed by atoms with van der Waals surface area (Å²) in [7, 11) is 3.21. The van der Waals surface area contributed by atoms with Crippen molar-refractivity contribution in [2.75, 3.05) is 27.3 Å². The van der Waals surface area contributed by atoms with Gasteiger partial charge >= 0.3 is 0 Å². The number of hydrogen-bond donors (Lipinski definition) is 2. The minimum atomic E-state index is 0.430. The van der Waals surface area contributed by atoms with Crippen molar-refractivity contribution in [1.82, 2.24) is 10.6 Å². The summed E-state index contributed by atoms with van der Waals surface area (Å²) in [6.07, 6.45) is 5.24. The molecule has 0 amide bonds. The van der Waals surface area contributed by atoms with Crippen LogP contribution in [0, 0.1) is 12.3 Å². The molecule has 0 aliphatic heterocycles. The Kier molecular flexibility index (Phi) is 7.48. The third-order valence-electron chi connectivity index (χ3n) is 2.66. The van der Waals surface area contributed by atoms with E-state index in [4.69, 9.17) is 15.9 Å². The van der Waals surface area contributed by atoms with E-state index in [-0.39, 0.29) is 0 Å². The maximum Gasteiger partial charge on any atom is 0.192 e. The maximum absolute atomic E-state index is 5.30. The number of rotatable bonds is 6. The van der Waals surface area contributed by atoms with Gasteiger partial charge in [0.25, 0.3) is 0 Å². The number of hydrogen-bond acceptors (Lipinski definition) is 3. The molecule has 0 saturated carbocycles. The fourth-order valence-corrected chi connectivity index (χ4v) is 2.11. The van der Waals surface area contributed by atoms with E-state index in [1.807, 2.05) is 19.1 Å². The Morgan fingerprint density at radius 2 is 1.95 bits per heavy atom. The SMILES string of the molecule is C#CCNC(=NCc1cc(OC)c(OC)cc1Br)NCC. The Morgan fingerprint density at radius 1 is 1.29 bits per heavy atom. The lowest BCUT2D eigenvalue weighted by molar-refractivity contribution is 0.354. The van der Waals surface area contributed by atoms with Crippen LogP contribution in [0.15, 0.2) is 21.6 Å². The Bertz CT molecular complexity index is 538. The molecule has 0 spiro atoms. The van der Waals surface area contributed by atoms with Crippen LogP contribution in [0.3, 0.4) is 0 Å². The summed E-state index contributed by atoms with van der Waals surface area (Å²) in [5, 5.41) is 6.17. The van der Waals surface area contributed by atoms with Crippen molar-refractivity contribution in [3.8, 4) is 23.8 Å². The molecule has 0 aliphatic rings. The van der Waals surface area contributed by atoms with Crippen LogP contribution in [0.1, 0.15) is 12.5 Å². The molecule has 6 heteroatoms. The molecule has 0 heterocycles. The monoisotopic (exact) mass is 353 g/mol. The number of benzene rings is 1. The number of methoxy groups -OCH3 is 2. The number of aliphatic imine (C=N–C) groups is 1. The van der Waals surface area contributed by atoms with Crippen LogP contribution < -0.4 is 20.1 Å². The Balaban J connectivity index is 2.92. The summed E-state index contributed by atoms with van der Waals surface area (Å²) in [6.45, 7) is 3.68. The second-order valence-corrected chi connectivity index (χ2v) is 4.91. The standard InChI is InChI=1S/C15H20BrN3O2/c1-5-7-18-15(17-6-2)19-10-11-8-13(20-3)14(21-4)9-12(11)16/h1,8-9H,6-7,10H2,2-4H3,(H2,17,18,19). The molecular weight excluding hydrogens is 334 g/mol. The molecule has 0 fully saturated rings. The first kappa shape index (κ1) is 17.2. The maximum atomic E-state index is 5.30. The van der Waals surface area contributed by atoms with Gasteiger partial charge in [0.1, 0.15) is 0 Å². The second-order valence-electron chi connectivity index (χ2n) is 4.05. The fraction of sp³-hybridized carbons (Fsp3) is 0.400. The van der Waals surface area contributed by atoms with Crippen LogP contribution in [0.2, 0.25) is 0 Å². The molecule has 0 aromatic heterocycles. The Labute approximate surface area is 134 Å². The van der Waals surface area contributed by atoms with Crippen LogP contribution in [0.25, 0.3) is 0 Å². The van der Waals surface area contributed by atoms with Crippen LogP contribution in [-0.2, 0) is 6.54 Å². The minimum Gasteiger partial charge on any atom is -0.493 e. The van der Waals surface area contributed by atoms with E-state index in [1.54, 1.807) is 14.2 Å². The number of nitrogens with one attached hydrogen (secondary N) is 2. The Hall–Kier alpha value is -1.87. The zero-order valence-electron chi connectivity index (χ0n) is 12.5. The Morgan fingerprint density at radius 3 is 2.52 bits per heavy atom. The number of ether oxygens (including phenoxy) is 2. The molecule has 2 N–H and O–H groups in total. The predicted octanol–water partition coefficient (Wildman–Crippen LogP) is 2.15. The third-order valence-corrected chi connectivity index (χ3v) is 3.40. The summed E-state index contributed by atoms with van der Waals surface area (Å²) in [6, 6.07) is 3.77. The number of terminal acetylenes is 1. The molecule has 1 aromatic rings. The van der Waals surface area contributed by atoms with Gasteiger partial charge in [-0.2, -0.15) is 0 Å². The van der Waals surface area contributed by atoms with Crippen molar-refractivity contribution in [3.05, 3.63) is 22.2 Å². The van der Waals surface area contributed by atoms with Gasteiger partial charge < -0.3 is 20.1 Å². The summed E-state index contributed by atoms with van der Waals surface area (Å²) >= 11 is 3.52. The summed E-state index contributed by atoms with van der Waals surface area (Å²) < 4.78 is 11.5. The van der Waals surface area contributed by atoms with E-state index in [2.05, 4.69) is 37.5 Å². The van der Waals surface area contributed by atoms with Gasteiger partial charge in [-0.25, -0.2) is 4.99 Å². The number of halogens is 1. The second kappa shape index (κ2) is 9.14. The average molecular weight is 354 g/mol. The zero-order chi connectivity index (χ0) is 15.7. The molecule has 0 saturated heterocycles. The van der Waals surface area contributed by atoms with E-state index in [0.717, 1.165) is 16.6 Å². The third kappa shape index (κ3) is 5.20. The topological polar surface area (TPSA) is 54.9 Å². The van der Waals surface area contributed by atoms with E-state index in [9.17, 15) is 0 Å². The first-order chi connectivity index (χ1) is 10.2. The van der Waals surface area contributed by atoms with Crippen molar-refractivity contribution in [3.63, 3.8) is 0 Å². The lowest BCUT2D eigenvalue weighted by Gasteiger charge is -2.12.